The standard InChI is InChI=1S/C15H13ClN2OS/c16-11-5-3-4-10(8-11)13(19)9-18-12-6-1-2-7-14(12)20-15(18)17/h1-8,13,17,19H,9H2. The number of hydrogen-bond donors (Lipinski definition) is 2. The second kappa shape index (κ2) is 5.40. The number of aliphatic hydroxyl groups excluding tert-OH is 1. The van der Waals surface area contributed by atoms with Gasteiger partial charge >= 0.3 is 0 Å². The molecule has 0 bridgehead atoms. The maximum atomic E-state index is 10.3. The Balaban J connectivity index is 1.97. The summed E-state index contributed by atoms with van der Waals surface area (Å²) in [6, 6.07) is 15.0. The van der Waals surface area contributed by atoms with Gasteiger partial charge in [-0.05, 0) is 29.8 Å². The van der Waals surface area contributed by atoms with Crippen LogP contribution in [0.15, 0.2) is 48.5 Å². The summed E-state index contributed by atoms with van der Waals surface area (Å²) in [6.45, 7) is 0.350. The molecular formula is C15H13ClN2OS. The zero-order chi connectivity index (χ0) is 14.1. The van der Waals surface area contributed by atoms with E-state index in [1.165, 1.54) is 11.3 Å². The van der Waals surface area contributed by atoms with Crippen molar-refractivity contribution >= 4 is 33.2 Å². The minimum Gasteiger partial charge on any atom is -0.387 e. The molecule has 3 nitrogen and oxygen atoms in total. The summed E-state index contributed by atoms with van der Waals surface area (Å²) in [5, 5.41) is 19.0. The van der Waals surface area contributed by atoms with Crippen LogP contribution >= 0.6 is 22.9 Å². The summed E-state index contributed by atoms with van der Waals surface area (Å²) >= 11 is 7.36. The maximum Gasteiger partial charge on any atom is 0.183 e. The van der Waals surface area contributed by atoms with Crippen molar-refractivity contribution in [2.24, 2.45) is 0 Å². The van der Waals surface area contributed by atoms with Crippen LogP contribution < -0.4 is 4.80 Å². The molecule has 0 aliphatic carbocycles. The van der Waals surface area contributed by atoms with Gasteiger partial charge in [-0.2, -0.15) is 0 Å². The van der Waals surface area contributed by atoms with Crippen LogP contribution in [0.1, 0.15) is 11.7 Å². The van der Waals surface area contributed by atoms with E-state index in [0.717, 1.165) is 15.8 Å². The number of benzene rings is 2. The van der Waals surface area contributed by atoms with E-state index in [-0.39, 0.29) is 0 Å². The molecule has 1 aromatic heterocycles. The Hall–Kier alpha value is -1.62. The average Bonchev–Trinajstić information content (AvgIpc) is 2.75. The van der Waals surface area contributed by atoms with Gasteiger partial charge in [-0.15, -0.1) is 0 Å². The molecule has 5 heteroatoms. The summed E-state index contributed by atoms with van der Waals surface area (Å²) in [7, 11) is 0. The number of halogens is 1. The molecule has 2 aromatic carbocycles. The van der Waals surface area contributed by atoms with Gasteiger partial charge in [-0.1, -0.05) is 47.2 Å². The van der Waals surface area contributed by atoms with Gasteiger partial charge in [0.2, 0.25) is 0 Å². The van der Waals surface area contributed by atoms with Gasteiger partial charge < -0.3 is 9.67 Å². The molecule has 3 rings (SSSR count). The molecule has 20 heavy (non-hydrogen) atoms. The molecule has 0 aliphatic heterocycles. The van der Waals surface area contributed by atoms with Crippen molar-refractivity contribution in [3.8, 4) is 0 Å². The highest BCUT2D eigenvalue weighted by atomic mass is 35.5. The topological polar surface area (TPSA) is 49.0 Å². The number of aromatic nitrogens is 1. The number of aliphatic hydroxyl groups is 1. The van der Waals surface area contributed by atoms with Gasteiger partial charge in [-0.3, -0.25) is 5.41 Å². The molecule has 0 fully saturated rings. The normalized spacial score (nSPS) is 12.7. The van der Waals surface area contributed by atoms with Crippen LogP contribution in [0.3, 0.4) is 0 Å². The smallest absolute Gasteiger partial charge is 0.183 e. The summed E-state index contributed by atoms with van der Waals surface area (Å²) in [4.78, 5) is 0.437. The second-order valence-electron chi connectivity index (χ2n) is 4.56. The van der Waals surface area contributed by atoms with Crippen LogP contribution in [0.4, 0.5) is 0 Å². The molecule has 1 heterocycles. The monoisotopic (exact) mass is 304 g/mol. The summed E-state index contributed by atoms with van der Waals surface area (Å²) in [6.07, 6.45) is -0.680. The molecule has 0 saturated carbocycles. The van der Waals surface area contributed by atoms with Crippen LogP contribution in [0.25, 0.3) is 10.2 Å². The first-order valence-corrected chi connectivity index (χ1v) is 7.41. The Bertz CT molecular complexity index is 809. The van der Waals surface area contributed by atoms with Crippen molar-refractivity contribution in [3.63, 3.8) is 0 Å². The Labute approximate surface area is 125 Å². The number of nitrogens with zero attached hydrogens (tertiary/aromatic N) is 1. The SMILES string of the molecule is N=c1sc2ccccc2n1CC(O)c1cccc(Cl)c1. The lowest BCUT2D eigenvalue weighted by Gasteiger charge is -2.13. The predicted octanol–water partition coefficient (Wildman–Crippen LogP) is 3.57. The van der Waals surface area contributed by atoms with Crippen LogP contribution in [-0.2, 0) is 6.54 Å². The van der Waals surface area contributed by atoms with Crippen LogP contribution in [0.2, 0.25) is 5.02 Å². The average molecular weight is 305 g/mol. The summed E-state index contributed by atoms with van der Waals surface area (Å²) < 4.78 is 2.88. The highest BCUT2D eigenvalue weighted by Gasteiger charge is 2.12. The van der Waals surface area contributed by atoms with E-state index in [9.17, 15) is 5.11 Å². The van der Waals surface area contributed by atoms with E-state index in [4.69, 9.17) is 17.0 Å². The fourth-order valence-electron chi connectivity index (χ4n) is 2.21. The van der Waals surface area contributed by atoms with Crippen LogP contribution in [0, 0.1) is 5.41 Å². The quantitative estimate of drug-likeness (QED) is 0.763. The van der Waals surface area contributed by atoms with E-state index < -0.39 is 6.10 Å². The van der Waals surface area contributed by atoms with Crippen molar-refractivity contribution in [3.05, 3.63) is 63.9 Å². The number of rotatable bonds is 3. The van der Waals surface area contributed by atoms with E-state index in [2.05, 4.69) is 0 Å². The molecule has 0 amide bonds. The number of thiazole rings is 1. The predicted molar refractivity (Wildman–Crippen MR) is 82.1 cm³/mol. The van der Waals surface area contributed by atoms with Crippen LogP contribution in [0.5, 0.6) is 0 Å². The van der Waals surface area contributed by atoms with E-state index in [1.54, 1.807) is 12.1 Å². The summed E-state index contributed by atoms with van der Waals surface area (Å²) in [5.41, 5.74) is 1.74. The zero-order valence-corrected chi connectivity index (χ0v) is 12.2. The number of nitrogens with one attached hydrogen (secondary N) is 1. The zero-order valence-electron chi connectivity index (χ0n) is 10.6. The Morgan fingerprint density at radius 2 is 2.00 bits per heavy atom. The first-order valence-electron chi connectivity index (χ1n) is 6.21. The molecule has 0 aliphatic rings. The molecule has 0 spiro atoms. The molecule has 102 valence electrons. The van der Waals surface area contributed by atoms with Crippen molar-refractivity contribution in [2.45, 2.75) is 12.6 Å². The van der Waals surface area contributed by atoms with Gasteiger partial charge in [0.15, 0.2) is 4.80 Å². The van der Waals surface area contributed by atoms with Crippen molar-refractivity contribution in [1.29, 1.82) is 5.41 Å². The molecule has 3 aromatic rings. The third kappa shape index (κ3) is 2.50. The van der Waals surface area contributed by atoms with Gasteiger partial charge in [0.25, 0.3) is 0 Å². The maximum absolute atomic E-state index is 10.3. The summed E-state index contributed by atoms with van der Waals surface area (Å²) in [5.74, 6) is 0. The highest BCUT2D eigenvalue weighted by Crippen LogP contribution is 2.22. The largest absolute Gasteiger partial charge is 0.387 e. The third-order valence-electron chi connectivity index (χ3n) is 3.20. The molecular weight excluding hydrogens is 292 g/mol. The molecule has 0 saturated heterocycles. The number of para-hydroxylation sites is 1. The highest BCUT2D eigenvalue weighted by molar-refractivity contribution is 7.16. The molecule has 2 N–H and O–H groups in total. The van der Waals surface area contributed by atoms with Gasteiger partial charge in [-0.25, -0.2) is 0 Å². The number of hydrogen-bond acceptors (Lipinski definition) is 3. The van der Waals surface area contributed by atoms with Crippen LogP contribution in [-0.4, -0.2) is 9.67 Å². The lowest BCUT2D eigenvalue weighted by Crippen LogP contribution is -2.18. The minimum atomic E-state index is -0.680. The third-order valence-corrected chi connectivity index (χ3v) is 4.41. The van der Waals surface area contributed by atoms with Gasteiger partial charge in [0.05, 0.1) is 22.9 Å². The van der Waals surface area contributed by atoms with Crippen molar-refractivity contribution in [1.82, 2.24) is 4.57 Å². The van der Waals surface area contributed by atoms with Crippen molar-refractivity contribution < 1.29 is 5.11 Å². The van der Waals surface area contributed by atoms with E-state index >= 15 is 0 Å². The fraction of sp³-hybridized carbons (Fsp3) is 0.133. The Morgan fingerprint density at radius 3 is 2.80 bits per heavy atom. The lowest BCUT2D eigenvalue weighted by atomic mass is 10.1. The first-order chi connectivity index (χ1) is 9.65. The lowest BCUT2D eigenvalue weighted by molar-refractivity contribution is 0.157. The molecule has 0 radical (unpaired) electrons. The Kier molecular flexibility index (Phi) is 3.61. The minimum absolute atomic E-state index is 0.350. The fourth-order valence-corrected chi connectivity index (χ4v) is 3.33. The number of fused-ring (bicyclic) bond motifs is 1. The molecule has 1 atom stereocenters. The van der Waals surface area contributed by atoms with E-state index in [1.807, 2.05) is 41.0 Å². The van der Waals surface area contributed by atoms with E-state index in [0.29, 0.717) is 16.4 Å². The Morgan fingerprint density at radius 1 is 1.20 bits per heavy atom. The van der Waals surface area contributed by atoms with Gasteiger partial charge in [0, 0.05) is 5.02 Å². The van der Waals surface area contributed by atoms with Gasteiger partial charge in [0.1, 0.15) is 0 Å². The van der Waals surface area contributed by atoms with Crippen molar-refractivity contribution in [2.75, 3.05) is 0 Å². The second-order valence-corrected chi connectivity index (χ2v) is 6.02. The molecule has 1 unspecified atom stereocenters. The first kappa shape index (κ1) is 13.4.